The summed E-state index contributed by atoms with van der Waals surface area (Å²) in [5, 5.41) is 7.08. The zero-order valence-corrected chi connectivity index (χ0v) is 14.4. The summed E-state index contributed by atoms with van der Waals surface area (Å²) >= 11 is 0. The van der Waals surface area contributed by atoms with Crippen molar-refractivity contribution in [1.82, 2.24) is 9.78 Å². The highest BCUT2D eigenvalue weighted by Crippen LogP contribution is 2.19. The van der Waals surface area contributed by atoms with E-state index in [1.54, 1.807) is 24.6 Å². The van der Waals surface area contributed by atoms with E-state index in [4.69, 9.17) is 0 Å². The predicted octanol–water partition coefficient (Wildman–Crippen LogP) is 3.62. The molecule has 0 fully saturated rings. The number of hydrogen-bond acceptors (Lipinski definition) is 3. The molecule has 1 N–H and O–H groups in total. The van der Waals surface area contributed by atoms with Crippen LogP contribution in [0.15, 0.2) is 54.6 Å². The number of nitrogens with one attached hydrogen (secondary N) is 1. The molecule has 0 saturated heterocycles. The lowest BCUT2D eigenvalue weighted by Gasteiger charge is -2.06. The van der Waals surface area contributed by atoms with E-state index in [0.29, 0.717) is 22.6 Å². The average Bonchev–Trinajstić information content (AvgIpc) is 2.89. The standard InChI is InChI=1S/C20H19N3O2/c1-13-8-7-9-16(12-13)21-20(25)19(24)18-14(2)22-23(15(18)3)17-10-5-4-6-11-17/h4-12H,1-3H3,(H,21,25). The zero-order chi connectivity index (χ0) is 18.0. The molecule has 1 aromatic heterocycles. The summed E-state index contributed by atoms with van der Waals surface area (Å²) in [7, 11) is 0. The van der Waals surface area contributed by atoms with Gasteiger partial charge in [0.25, 0.3) is 11.7 Å². The first-order valence-electron chi connectivity index (χ1n) is 8.01. The molecular formula is C20H19N3O2. The Kier molecular flexibility index (Phi) is 4.48. The smallest absolute Gasteiger partial charge is 0.296 e. The second kappa shape index (κ2) is 6.73. The van der Waals surface area contributed by atoms with E-state index >= 15 is 0 Å². The van der Waals surface area contributed by atoms with Gasteiger partial charge in [0.05, 0.1) is 22.6 Å². The van der Waals surface area contributed by atoms with Crippen LogP contribution in [-0.4, -0.2) is 21.5 Å². The van der Waals surface area contributed by atoms with Crippen LogP contribution in [0.25, 0.3) is 5.69 Å². The highest BCUT2D eigenvalue weighted by Gasteiger charge is 2.25. The Morgan fingerprint density at radius 3 is 2.36 bits per heavy atom. The van der Waals surface area contributed by atoms with Crippen molar-refractivity contribution in [2.45, 2.75) is 20.8 Å². The number of carbonyl (C=O) groups excluding carboxylic acids is 2. The number of ketones is 1. The fourth-order valence-corrected chi connectivity index (χ4v) is 2.82. The molecule has 0 atom stereocenters. The molecule has 5 heteroatoms. The van der Waals surface area contributed by atoms with Crippen LogP contribution in [0.3, 0.4) is 0 Å². The highest BCUT2D eigenvalue weighted by atomic mass is 16.2. The van der Waals surface area contributed by atoms with Crippen molar-refractivity contribution >= 4 is 17.4 Å². The van der Waals surface area contributed by atoms with E-state index in [1.165, 1.54) is 0 Å². The van der Waals surface area contributed by atoms with E-state index in [9.17, 15) is 9.59 Å². The van der Waals surface area contributed by atoms with Gasteiger partial charge in [0, 0.05) is 5.69 Å². The number of carbonyl (C=O) groups is 2. The van der Waals surface area contributed by atoms with Crippen molar-refractivity contribution in [3.63, 3.8) is 0 Å². The van der Waals surface area contributed by atoms with E-state index in [0.717, 1.165) is 11.3 Å². The molecule has 0 radical (unpaired) electrons. The first kappa shape index (κ1) is 16.6. The Labute approximate surface area is 146 Å². The van der Waals surface area contributed by atoms with Crippen LogP contribution in [-0.2, 0) is 4.79 Å². The van der Waals surface area contributed by atoms with Gasteiger partial charge in [-0.25, -0.2) is 4.68 Å². The summed E-state index contributed by atoms with van der Waals surface area (Å²) in [5.41, 5.74) is 3.98. The van der Waals surface area contributed by atoms with Gasteiger partial charge in [0.2, 0.25) is 0 Å². The van der Waals surface area contributed by atoms with Crippen molar-refractivity contribution in [2.24, 2.45) is 0 Å². The Hall–Kier alpha value is -3.21. The number of hydrogen-bond donors (Lipinski definition) is 1. The van der Waals surface area contributed by atoms with Crippen LogP contribution >= 0.6 is 0 Å². The van der Waals surface area contributed by atoms with Gasteiger partial charge in [-0.1, -0.05) is 30.3 Å². The number of rotatable bonds is 4. The van der Waals surface area contributed by atoms with Gasteiger partial charge in [-0.2, -0.15) is 5.10 Å². The van der Waals surface area contributed by atoms with E-state index in [-0.39, 0.29) is 0 Å². The molecule has 1 heterocycles. The molecule has 5 nitrogen and oxygen atoms in total. The summed E-state index contributed by atoms with van der Waals surface area (Å²) < 4.78 is 1.68. The van der Waals surface area contributed by atoms with Gasteiger partial charge < -0.3 is 5.32 Å². The number of amides is 1. The van der Waals surface area contributed by atoms with Crippen LogP contribution in [0.2, 0.25) is 0 Å². The molecule has 0 aliphatic heterocycles. The Balaban J connectivity index is 1.90. The van der Waals surface area contributed by atoms with Crippen LogP contribution < -0.4 is 5.32 Å². The van der Waals surface area contributed by atoms with Gasteiger partial charge >= 0.3 is 0 Å². The number of para-hydroxylation sites is 1. The lowest BCUT2D eigenvalue weighted by molar-refractivity contribution is -0.112. The van der Waals surface area contributed by atoms with Gasteiger partial charge in [-0.05, 0) is 50.6 Å². The number of nitrogens with zero attached hydrogens (tertiary/aromatic N) is 2. The molecule has 0 aliphatic carbocycles. The zero-order valence-electron chi connectivity index (χ0n) is 14.4. The maximum absolute atomic E-state index is 12.7. The second-order valence-corrected chi connectivity index (χ2v) is 5.95. The maximum atomic E-state index is 12.7. The van der Waals surface area contributed by atoms with Gasteiger partial charge in [-0.3, -0.25) is 9.59 Å². The number of Topliss-reactive ketones (excluding diaryl/α,β-unsaturated/α-hetero) is 1. The lowest BCUT2D eigenvalue weighted by atomic mass is 10.1. The van der Waals surface area contributed by atoms with Gasteiger partial charge in [-0.15, -0.1) is 0 Å². The number of anilines is 1. The van der Waals surface area contributed by atoms with Crippen molar-refractivity contribution in [1.29, 1.82) is 0 Å². The number of benzene rings is 2. The van der Waals surface area contributed by atoms with Crippen molar-refractivity contribution < 1.29 is 9.59 Å². The van der Waals surface area contributed by atoms with Gasteiger partial charge in [0.1, 0.15) is 0 Å². The SMILES string of the molecule is Cc1cccc(NC(=O)C(=O)c2c(C)nn(-c3ccccc3)c2C)c1. The minimum absolute atomic E-state index is 0.342. The topological polar surface area (TPSA) is 64.0 Å². The summed E-state index contributed by atoms with van der Waals surface area (Å²) in [5.74, 6) is -1.25. The first-order valence-corrected chi connectivity index (χ1v) is 8.01. The molecule has 0 bridgehead atoms. The van der Waals surface area contributed by atoms with E-state index in [2.05, 4.69) is 10.4 Å². The fourth-order valence-electron chi connectivity index (χ4n) is 2.82. The third-order valence-corrected chi connectivity index (χ3v) is 4.00. The lowest BCUT2D eigenvalue weighted by Crippen LogP contribution is -2.24. The maximum Gasteiger partial charge on any atom is 0.296 e. The van der Waals surface area contributed by atoms with Crippen LogP contribution in [0.1, 0.15) is 27.3 Å². The first-order chi connectivity index (χ1) is 12.0. The Morgan fingerprint density at radius 2 is 1.68 bits per heavy atom. The molecule has 25 heavy (non-hydrogen) atoms. The summed E-state index contributed by atoms with van der Waals surface area (Å²) in [4.78, 5) is 25.0. The number of aromatic nitrogens is 2. The molecule has 0 aliphatic rings. The fraction of sp³-hybridized carbons (Fsp3) is 0.150. The van der Waals surface area contributed by atoms with Crippen LogP contribution in [0.4, 0.5) is 5.69 Å². The normalized spacial score (nSPS) is 10.5. The molecule has 0 spiro atoms. The number of aryl methyl sites for hydroxylation is 2. The van der Waals surface area contributed by atoms with Crippen LogP contribution in [0, 0.1) is 20.8 Å². The summed E-state index contributed by atoms with van der Waals surface area (Å²) in [6.45, 7) is 5.45. The molecule has 2 aromatic carbocycles. The second-order valence-electron chi connectivity index (χ2n) is 5.95. The molecule has 126 valence electrons. The van der Waals surface area contributed by atoms with Crippen molar-refractivity contribution in [3.8, 4) is 5.69 Å². The molecule has 0 saturated carbocycles. The monoisotopic (exact) mass is 333 g/mol. The third-order valence-electron chi connectivity index (χ3n) is 4.00. The molecule has 3 rings (SSSR count). The molecule has 3 aromatic rings. The minimum Gasteiger partial charge on any atom is -0.319 e. The minimum atomic E-state index is -0.663. The quantitative estimate of drug-likeness (QED) is 0.586. The van der Waals surface area contributed by atoms with E-state index < -0.39 is 11.7 Å². The molecular weight excluding hydrogens is 314 g/mol. The third kappa shape index (κ3) is 3.35. The summed E-state index contributed by atoms with van der Waals surface area (Å²) in [6.07, 6.45) is 0. The molecule has 0 unspecified atom stereocenters. The van der Waals surface area contributed by atoms with Crippen LogP contribution in [0.5, 0.6) is 0 Å². The molecule has 1 amide bonds. The average molecular weight is 333 g/mol. The Bertz CT molecular complexity index is 943. The predicted molar refractivity (Wildman–Crippen MR) is 97.2 cm³/mol. The van der Waals surface area contributed by atoms with Crippen molar-refractivity contribution in [3.05, 3.63) is 77.1 Å². The highest BCUT2D eigenvalue weighted by molar-refractivity contribution is 6.47. The van der Waals surface area contributed by atoms with Crippen molar-refractivity contribution in [2.75, 3.05) is 5.32 Å². The summed E-state index contributed by atoms with van der Waals surface area (Å²) in [6, 6.07) is 16.9. The van der Waals surface area contributed by atoms with Gasteiger partial charge in [0.15, 0.2) is 0 Å². The van der Waals surface area contributed by atoms with E-state index in [1.807, 2.05) is 55.5 Å². The Morgan fingerprint density at radius 1 is 0.960 bits per heavy atom. The largest absolute Gasteiger partial charge is 0.319 e.